The van der Waals surface area contributed by atoms with Gasteiger partial charge in [-0.1, -0.05) is 6.07 Å². The third-order valence-electron chi connectivity index (χ3n) is 3.44. The first-order valence-electron chi connectivity index (χ1n) is 7.01. The van der Waals surface area contributed by atoms with Crippen LogP contribution in [0.5, 0.6) is 0 Å². The molecular formula is C14H18N4O4. The van der Waals surface area contributed by atoms with E-state index in [1.807, 2.05) is 6.92 Å². The zero-order valence-electron chi connectivity index (χ0n) is 12.2. The van der Waals surface area contributed by atoms with E-state index >= 15 is 0 Å². The molecule has 118 valence electrons. The average Bonchev–Trinajstić information content (AvgIpc) is 2.52. The van der Waals surface area contributed by atoms with E-state index in [0.717, 1.165) is 6.54 Å². The van der Waals surface area contributed by atoms with E-state index in [-0.39, 0.29) is 29.7 Å². The molecular weight excluding hydrogens is 288 g/mol. The van der Waals surface area contributed by atoms with E-state index in [2.05, 4.69) is 10.6 Å². The summed E-state index contributed by atoms with van der Waals surface area (Å²) in [6.07, 6.45) is 0. The fraction of sp³-hybridized carbons (Fsp3) is 0.429. The van der Waals surface area contributed by atoms with Crippen molar-refractivity contribution in [3.63, 3.8) is 0 Å². The summed E-state index contributed by atoms with van der Waals surface area (Å²) >= 11 is 0. The molecule has 0 bridgehead atoms. The first-order valence-corrected chi connectivity index (χ1v) is 7.01. The highest BCUT2D eigenvalue weighted by Crippen LogP contribution is 2.12. The zero-order valence-corrected chi connectivity index (χ0v) is 12.2. The van der Waals surface area contributed by atoms with Gasteiger partial charge in [0.15, 0.2) is 0 Å². The number of hydrogen-bond acceptors (Lipinski definition) is 5. The van der Waals surface area contributed by atoms with Crippen LogP contribution in [-0.4, -0.2) is 53.9 Å². The number of rotatable bonds is 4. The Hall–Kier alpha value is -2.48. The van der Waals surface area contributed by atoms with Crippen LogP contribution in [0.4, 0.5) is 5.69 Å². The summed E-state index contributed by atoms with van der Waals surface area (Å²) < 4.78 is 0. The molecule has 1 atom stereocenters. The smallest absolute Gasteiger partial charge is 0.270 e. The Bertz CT molecular complexity index is 590. The maximum Gasteiger partial charge on any atom is 0.270 e. The average molecular weight is 306 g/mol. The number of non-ortho nitro benzene ring substituents is 1. The van der Waals surface area contributed by atoms with Crippen molar-refractivity contribution in [2.24, 2.45) is 0 Å². The van der Waals surface area contributed by atoms with Gasteiger partial charge in [-0.15, -0.1) is 0 Å². The van der Waals surface area contributed by atoms with Gasteiger partial charge in [-0.05, 0) is 13.0 Å². The molecule has 1 heterocycles. The van der Waals surface area contributed by atoms with Crippen molar-refractivity contribution in [3.05, 3.63) is 39.9 Å². The zero-order chi connectivity index (χ0) is 16.1. The molecule has 0 spiro atoms. The largest absolute Gasteiger partial charge is 0.343 e. The predicted molar refractivity (Wildman–Crippen MR) is 79.5 cm³/mol. The SMILES string of the molecule is C[C@@H]1CN(C(=O)CNC(=O)c2cccc([N+](=O)[O-])c2)CCN1. The monoisotopic (exact) mass is 306 g/mol. The minimum Gasteiger partial charge on any atom is -0.343 e. The molecule has 1 aliphatic heterocycles. The van der Waals surface area contributed by atoms with E-state index in [9.17, 15) is 19.7 Å². The third-order valence-corrected chi connectivity index (χ3v) is 3.44. The molecule has 2 N–H and O–H groups in total. The summed E-state index contributed by atoms with van der Waals surface area (Å²) in [6.45, 7) is 3.81. The summed E-state index contributed by atoms with van der Waals surface area (Å²) in [5, 5.41) is 16.4. The predicted octanol–water partition coefficient (Wildman–Crippen LogP) is 0.145. The molecule has 8 nitrogen and oxygen atoms in total. The number of nitro groups is 1. The second-order valence-electron chi connectivity index (χ2n) is 5.19. The second kappa shape index (κ2) is 6.99. The summed E-state index contributed by atoms with van der Waals surface area (Å²) in [6, 6.07) is 5.63. The van der Waals surface area contributed by atoms with Crippen LogP contribution in [0.1, 0.15) is 17.3 Å². The number of amides is 2. The van der Waals surface area contributed by atoms with Gasteiger partial charge in [0.05, 0.1) is 11.5 Å². The second-order valence-corrected chi connectivity index (χ2v) is 5.19. The quantitative estimate of drug-likeness (QED) is 0.608. The molecule has 0 unspecified atom stereocenters. The molecule has 1 aromatic rings. The van der Waals surface area contributed by atoms with Crippen LogP contribution >= 0.6 is 0 Å². The number of nitro benzene ring substituents is 1. The minimum atomic E-state index is -0.565. The van der Waals surface area contributed by atoms with Crippen LogP contribution in [-0.2, 0) is 4.79 Å². The first-order chi connectivity index (χ1) is 10.5. The Labute approximate surface area is 127 Å². The number of hydrogen-bond donors (Lipinski definition) is 2. The number of nitrogens with zero attached hydrogens (tertiary/aromatic N) is 2. The number of piperazine rings is 1. The number of benzene rings is 1. The highest BCUT2D eigenvalue weighted by Gasteiger charge is 2.21. The third kappa shape index (κ3) is 4.01. The summed E-state index contributed by atoms with van der Waals surface area (Å²) in [7, 11) is 0. The first kappa shape index (κ1) is 15.9. The van der Waals surface area contributed by atoms with Gasteiger partial charge >= 0.3 is 0 Å². The van der Waals surface area contributed by atoms with Crippen molar-refractivity contribution in [1.29, 1.82) is 0 Å². The molecule has 2 amide bonds. The van der Waals surface area contributed by atoms with Gasteiger partial charge < -0.3 is 15.5 Å². The molecule has 1 fully saturated rings. The fourth-order valence-corrected chi connectivity index (χ4v) is 2.29. The van der Waals surface area contributed by atoms with Gasteiger partial charge in [-0.2, -0.15) is 0 Å². The van der Waals surface area contributed by atoms with Gasteiger partial charge in [0.2, 0.25) is 5.91 Å². The molecule has 0 aromatic heterocycles. The van der Waals surface area contributed by atoms with Crippen LogP contribution in [0.3, 0.4) is 0 Å². The Morgan fingerprint density at radius 1 is 1.50 bits per heavy atom. The van der Waals surface area contributed by atoms with Crippen molar-refractivity contribution in [1.82, 2.24) is 15.5 Å². The molecule has 0 aliphatic carbocycles. The van der Waals surface area contributed by atoms with Crippen molar-refractivity contribution in [2.45, 2.75) is 13.0 Å². The van der Waals surface area contributed by atoms with E-state index in [0.29, 0.717) is 13.1 Å². The highest BCUT2D eigenvalue weighted by molar-refractivity contribution is 5.96. The lowest BCUT2D eigenvalue weighted by atomic mass is 10.2. The van der Waals surface area contributed by atoms with Crippen molar-refractivity contribution >= 4 is 17.5 Å². The van der Waals surface area contributed by atoms with Gasteiger partial charge in [0.25, 0.3) is 11.6 Å². The van der Waals surface area contributed by atoms with Gasteiger partial charge in [0.1, 0.15) is 0 Å². The molecule has 8 heteroatoms. The van der Waals surface area contributed by atoms with E-state index in [4.69, 9.17) is 0 Å². The lowest BCUT2D eigenvalue weighted by molar-refractivity contribution is -0.384. The standard InChI is InChI=1S/C14H18N4O4/c1-10-9-17(6-5-15-10)13(19)8-16-14(20)11-3-2-4-12(7-11)18(21)22/h2-4,7,10,15H,5-6,8-9H2,1H3,(H,16,20)/t10-/m1/s1. The molecule has 1 saturated heterocycles. The van der Waals surface area contributed by atoms with E-state index in [1.54, 1.807) is 4.90 Å². The van der Waals surface area contributed by atoms with Crippen LogP contribution in [0.2, 0.25) is 0 Å². The molecule has 1 aromatic carbocycles. The number of nitrogens with one attached hydrogen (secondary N) is 2. The molecule has 0 saturated carbocycles. The maximum atomic E-state index is 12.0. The normalized spacial score (nSPS) is 17.9. The van der Waals surface area contributed by atoms with Crippen molar-refractivity contribution < 1.29 is 14.5 Å². The minimum absolute atomic E-state index is 0.117. The van der Waals surface area contributed by atoms with Crippen LogP contribution < -0.4 is 10.6 Å². The van der Waals surface area contributed by atoms with Crippen LogP contribution in [0, 0.1) is 10.1 Å². The number of carbonyl (C=O) groups excluding carboxylic acids is 2. The summed E-state index contributed by atoms with van der Waals surface area (Å²) in [5.74, 6) is -0.660. The lowest BCUT2D eigenvalue weighted by Gasteiger charge is -2.31. The van der Waals surface area contributed by atoms with Crippen molar-refractivity contribution in [3.8, 4) is 0 Å². The highest BCUT2D eigenvalue weighted by atomic mass is 16.6. The Morgan fingerprint density at radius 2 is 2.27 bits per heavy atom. The molecule has 22 heavy (non-hydrogen) atoms. The topological polar surface area (TPSA) is 105 Å². The molecule has 2 rings (SSSR count). The fourth-order valence-electron chi connectivity index (χ4n) is 2.29. The Balaban J connectivity index is 1.91. The number of carbonyl (C=O) groups is 2. The Kier molecular flexibility index (Phi) is 5.05. The Morgan fingerprint density at radius 3 is 2.95 bits per heavy atom. The lowest BCUT2D eigenvalue weighted by Crippen LogP contribution is -2.53. The molecule has 1 aliphatic rings. The maximum absolute atomic E-state index is 12.0. The van der Waals surface area contributed by atoms with Gasteiger partial charge in [0, 0.05) is 43.4 Å². The van der Waals surface area contributed by atoms with E-state index < -0.39 is 10.8 Å². The van der Waals surface area contributed by atoms with Gasteiger partial charge in [-0.25, -0.2) is 0 Å². The van der Waals surface area contributed by atoms with Crippen molar-refractivity contribution in [2.75, 3.05) is 26.2 Å². The summed E-state index contributed by atoms with van der Waals surface area (Å²) in [4.78, 5) is 35.8. The van der Waals surface area contributed by atoms with Crippen LogP contribution in [0.25, 0.3) is 0 Å². The summed E-state index contributed by atoms with van der Waals surface area (Å²) in [5.41, 5.74) is 0.00517. The van der Waals surface area contributed by atoms with Gasteiger partial charge in [-0.3, -0.25) is 19.7 Å². The van der Waals surface area contributed by atoms with Crippen LogP contribution in [0.15, 0.2) is 24.3 Å². The van der Waals surface area contributed by atoms with E-state index in [1.165, 1.54) is 24.3 Å². The molecule has 0 radical (unpaired) electrons.